The first-order valence-corrected chi connectivity index (χ1v) is 11.5. The predicted octanol–water partition coefficient (Wildman–Crippen LogP) is 0.798. The number of likely N-dealkylation sites (N-methyl/N-ethyl adjacent to an activating group) is 1. The molecule has 2 N–H and O–H groups in total. The Kier molecular flexibility index (Phi) is 15.3. The van der Waals surface area contributed by atoms with Gasteiger partial charge < -0.3 is 24.2 Å². The number of esters is 2. The molecule has 0 saturated heterocycles. The minimum absolute atomic E-state index is 0.0323. The second kappa shape index (κ2) is 16.7. The fourth-order valence-electron chi connectivity index (χ4n) is 2.46. The Labute approximate surface area is 195 Å². The minimum Gasteiger partial charge on any atom is -0.462 e. The van der Waals surface area contributed by atoms with Crippen LogP contribution in [0.15, 0.2) is 10.2 Å². The number of ether oxygens (including phenoxy) is 2. The number of phosphoric ester groups is 1. The molecule has 0 spiro atoms. The number of rotatable bonds is 18. The SMILES string of the molecule is CC(=O)OC[C@H](COP(=O)(O)OCCNC(=O)C[N+](C)(CCN=[N+]=[N-])CCN=[N+]=[N-])OC(C)=O. The molecule has 192 valence electrons. The van der Waals surface area contributed by atoms with E-state index in [1.165, 1.54) is 0 Å². The maximum Gasteiger partial charge on any atom is 0.472 e. The summed E-state index contributed by atoms with van der Waals surface area (Å²) < 4.78 is 31.1. The lowest BCUT2D eigenvalue weighted by molar-refractivity contribution is -0.899. The van der Waals surface area contributed by atoms with Crippen molar-refractivity contribution in [3.8, 4) is 0 Å². The van der Waals surface area contributed by atoms with Crippen LogP contribution in [0.25, 0.3) is 20.9 Å². The summed E-state index contributed by atoms with van der Waals surface area (Å²) in [5.41, 5.74) is 16.8. The molecule has 34 heavy (non-hydrogen) atoms. The smallest absolute Gasteiger partial charge is 0.462 e. The van der Waals surface area contributed by atoms with Crippen LogP contribution in [0.1, 0.15) is 13.8 Å². The van der Waals surface area contributed by atoms with Gasteiger partial charge >= 0.3 is 19.8 Å². The van der Waals surface area contributed by atoms with Crippen LogP contribution in [0, 0.1) is 0 Å². The quantitative estimate of drug-likeness (QED) is 0.0504. The lowest BCUT2D eigenvalue weighted by Gasteiger charge is -2.33. The van der Waals surface area contributed by atoms with Crippen molar-refractivity contribution < 1.29 is 46.8 Å². The summed E-state index contributed by atoms with van der Waals surface area (Å²) in [6, 6.07) is 0. The minimum atomic E-state index is -4.55. The normalized spacial score (nSPS) is 14.8. The number of hydrogen-bond donors (Lipinski definition) is 2. The van der Waals surface area contributed by atoms with E-state index in [1.54, 1.807) is 7.05 Å². The van der Waals surface area contributed by atoms with Gasteiger partial charge in [0.15, 0.2) is 12.6 Å². The van der Waals surface area contributed by atoms with E-state index in [-0.39, 0.29) is 43.9 Å². The molecule has 17 nitrogen and oxygen atoms in total. The summed E-state index contributed by atoms with van der Waals surface area (Å²) in [7, 11) is -2.83. The second-order valence-electron chi connectivity index (χ2n) is 7.12. The monoisotopic (exact) mass is 509 g/mol. The fourth-order valence-corrected chi connectivity index (χ4v) is 3.21. The molecule has 0 aliphatic rings. The molecular formula is C16H30N8O9P+. The molecular weight excluding hydrogens is 479 g/mol. The maximum absolute atomic E-state index is 12.3. The van der Waals surface area contributed by atoms with Crippen LogP contribution in [0.4, 0.5) is 0 Å². The summed E-state index contributed by atoms with van der Waals surface area (Å²) in [5.74, 6) is -1.76. The zero-order chi connectivity index (χ0) is 26.0. The molecule has 0 bridgehead atoms. The van der Waals surface area contributed by atoms with E-state index in [4.69, 9.17) is 29.6 Å². The van der Waals surface area contributed by atoms with E-state index in [9.17, 15) is 23.8 Å². The molecule has 0 aliphatic carbocycles. The Bertz CT molecular complexity index is 807. The van der Waals surface area contributed by atoms with Crippen LogP contribution in [-0.2, 0) is 37.5 Å². The Hall–Kier alpha value is -2.90. The third-order valence-electron chi connectivity index (χ3n) is 4.04. The van der Waals surface area contributed by atoms with Crippen molar-refractivity contribution in [1.82, 2.24) is 5.32 Å². The number of amides is 1. The van der Waals surface area contributed by atoms with Gasteiger partial charge in [-0.05, 0) is 11.1 Å². The molecule has 0 saturated carbocycles. The highest BCUT2D eigenvalue weighted by atomic mass is 31.2. The lowest BCUT2D eigenvalue weighted by Crippen LogP contribution is -2.53. The number of azide groups is 2. The third kappa shape index (κ3) is 16.7. The standard InChI is InChI=1S/C16H29N8O9P/c1-13(25)30-11-15(33-14(2)26)12-32-34(28,29)31-9-6-19-16(27)10-24(3,7-4-20-22-17)8-5-21-23-18/h15H,4-12H2,1-3H3,(H-,19,27,28,29)/p+1/t15-/m1/s1. The number of nitrogens with one attached hydrogen (secondary N) is 1. The zero-order valence-electron chi connectivity index (χ0n) is 19.2. The lowest BCUT2D eigenvalue weighted by atomic mass is 10.3. The van der Waals surface area contributed by atoms with E-state index in [0.717, 1.165) is 13.8 Å². The van der Waals surface area contributed by atoms with Crippen LogP contribution in [0.3, 0.4) is 0 Å². The third-order valence-corrected chi connectivity index (χ3v) is 5.02. The van der Waals surface area contributed by atoms with Gasteiger partial charge in [0.2, 0.25) is 0 Å². The van der Waals surface area contributed by atoms with E-state index < -0.39 is 38.4 Å². The van der Waals surface area contributed by atoms with Crippen molar-refractivity contribution in [2.75, 3.05) is 66.1 Å². The topological polar surface area (TPSA) is 235 Å². The summed E-state index contributed by atoms with van der Waals surface area (Å²) in [4.78, 5) is 49.3. The van der Waals surface area contributed by atoms with Gasteiger partial charge in [0.05, 0.1) is 46.4 Å². The molecule has 0 aliphatic heterocycles. The fraction of sp³-hybridized carbons (Fsp3) is 0.812. The predicted molar refractivity (Wildman–Crippen MR) is 116 cm³/mol. The average molecular weight is 509 g/mol. The molecule has 0 aromatic heterocycles. The first kappa shape index (κ1) is 31.1. The Morgan fingerprint density at radius 3 is 2.15 bits per heavy atom. The van der Waals surface area contributed by atoms with Crippen LogP contribution in [-0.4, -0.2) is 99.5 Å². The summed E-state index contributed by atoms with van der Waals surface area (Å²) in [6.45, 7) is 1.70. The van der Waals surface area contributed by atoms with Crippen molar-refractivity contribution in [3.63, 3.8) is 0 Å². The van der Waals surface area contributed by atoms with Gasteiger partial charge in [0.1, 0.15) is 6.61 Å². The highest BCUT2D eigenvalue weighted by Crippen LogP contribution is 2.43. The highest BCUT2D eigenvalue weighted by Gasteiger charge is 2.27. The van der Waals surface area contributed by atoms with Gasteiger partial charge in [-0.15, -0.1) is 0 Å². The van der Waals surface area contributed by atoms with E-state index >= 15 is 0 Å². The average Bonchev–Trinajstić information content (AvgIpc) is 2.73. The number of carbonyl (C=O) groups is 3. The maximum atomic E-state index is 12.3. The molecule has 0 aromatic carbocycles. The van der Waals surface area contributed by atoms with E-state index in [2.05, 4.69) is 25.4 Å². The number of quaternary nitrogens is 1. The van der Waals surface area contributed by atoms with E-state index in [1.807, 2.05) is 0 Å². The first-order chi connectivity index (χ1) is 15.9. The van der Waals surface area contributed by atoms with Crippen LogP contribution in [0.5, 0.6) is 0 Å². The highest BCUT2D eigenvalue weighted by molar-refractivity contribution is 7.47. The van der Waals surface area contributed by atoms with Gasteiger partial charge in [-0.1, -0.05) is 10.2 Å². The number of phosphoric acid groups is 1. The van der Waals surface area contributed by atoms with Gasteiger partial charge in [-0.3, -0.25) is 23.4 Å². The molecule has 0 radical (unpaired) electrons. The number of carbonyl (C=O) groups excluding carboxylic acids is 3. The number of nitrogens with zero attached hydrogens (tertiary/aromatic N) is 7. The molecule has 1 unspecified atom stereocenters. The van der Waals surface area contributed by atoms with Crippen LogP contribution >= 0.6 is 7.82 Å². The molecule has 2 atom stereocenters. The molecule has 0 rings (SSSR count). The van der Waals surface area contributed by atoms with E-state index in [0.29, 0.717) is 13.1 Å². The molecule has 0 aromatic rings. The van der Waals surface area contributed by atoms with Crippen molar-refractivity contribution in [2.24, 2.45) is 10.2 Å². The van der Waals surface area contributed by atoms with Crippen LogP contribution < -0.4 is 5.32 Å². The summed E-state index contributed by atoms with van der Waals surface area (Å²) in [6.07, 6.45) is -1.11. The van der Waals surface area contributed by atoms with Gasteiger partial charge in [0, 0.05) is 30.2 Å². The Morgan fingerprint density at radius 1 is 1.06 bits per heavy atom. The molecule has 0 heterocycles. The van der Waals surface area contributed by atoms with Crippen LogP contribution in [0.2, 0.25) is 0 Å². The molecule has 0 fully saturated rings. The van der Waals surface area contributed by atoms with Gasteiger partial charge in [-0.25, -0.2) is 4.57 Å². The van der Waals surface area contributed by atoms with Crippen molar-refractivity contribution in [2.45, 2.75) is 20.0 Å². The number of hydrogen-bond acceptors (Lipinski definition) is 10. The Balaban J connectivity index is 4.57. The van der Waals surface area contributed by atoms with Gasteiger partial charge in [0.25, 0.3) is 5.91 Å². The largest absolute Gasteiger partial charge is 0.472 e. The summed E-state index contributed by atoms with van der Waals surface area (Å²) >= 11 is 0. The van der Waals surface area contributed by atoms with Crippen molar-refractivity contribution in [1.29, 1.82) is 0 Å². The van der Waals surface area contributed by atoms with Crippen molar-refractivity contribution in [3.05, 3.63) is 20.9 Å². The second-order valence-corrected chi connectivity index (χ2v) is 8.57. The molecule has 1 amide bonds. The Morgan fingerprint density at radius 2 is 1.65 bits per heavy atom. The van der Waals surface area contributed by atoms with Gasteiger partial charge in [-0.2, -0.15) is 0 Å². The molecule has 18 heteroatoms. The zero-order valence-corrected chi connectivity index (χ0v) is 20.1. The summed E-state index contributed by atoms with van der Waals surface area (Å²) in [5, 5.41) is 9.41. The van der Waals surface area contributed by atoms with Crippen molar-refractivity contribution >= 4 is 25.7 Å². The first-order valence-electron chi connectivity index (χ1n) is 9.97.